The maximum absolute atomic E-state index is 11.7. The van der Waals surface area contributed by atoms with Crippen LogP contribution in [0, 0.1) is 0 Å². The SMILES string of the molecule is CC(C)=C1C=C(c2ccccc2)CCC1=O. The Morgan fingerprint density at radius 1 is 1.06 bits per heavy atom. The summed E-state index contributed by atoms with van der Waals surface area (Å²) in [4.78, 5) is 11.7. The first-order chi connectivity index (χ1) is 7.68. The van der Waals surface area contributed by atoms with Gasteiger partial charge in [0, 0.05) is 12.0 Å². The summed E-state index contributed by atoms with van der Waals surface area (Å²) in [7, 11) is 0. The minimum Gasteiger partial charge on any atom is -0.294 e. The topological polar surface area (TPSA) is 17.1 Å². The summed E-state index contributed by atoms with van der Waals surface area (Å²) < 4.78 is 0. The molecule has 0 aromatic heterocycles. The molecule has 0 aliphatic heterocycles. The van der Waals surface area contributed by atoms with E-state index in [1.54, 1.807) is 0 Å². The largest absolute Gasteiger partial charge is 0.294 e. The monoisotopic (exact) mass is 212 g/mol. The number of hydrogen-bond acceptors (Lipinski definition) is 1. The number of benzene rings is 1. The van der Waals surface area contributed by atoms with E-state index in [0.717, 1.165) is 17.6 Å². The molecule has 1 aromatic carbocycles. The first-order valence-corrected chi connectivity index (χ1v) is 5.65. The molecule has 0 fully saturated rings. The molecular weight excluding hydrogens is 196 g/mol. The lowest BCUT2D eigenvalue weighted by atomic mass is 9.88. The van der Waals surface area contributed by atoms with Crippen LogP contribution in [-0.4, -0.2) is 5.78 Å². The Balaban J connectivity index is 2.42. The van der Waals surface area contributed by atoms with Gasteiger partial charge in [0.1, 0.15) is 0 Å². The van der Waals surface area contributed by atoms with Gasteiger partial charge < -0.3 is 0 Å². The van der Waals surface area contributed by atoms with Gasteiger partial charge in [-0.25, -0.2) is 0 Å². The number of carbonyl (C=O) groups excluding carboxylic acids is 1. The van der Waals surface area contributed by atoms with E-state index in [2.05, 4.69) is 18.2 Å². The van der Waals surface area contributed by atoms with Crippen LogP contribution in [-0.2, 0) is 4.79 Å². The Bertz CT molecular complexity index is 459. The van der Waals surface area contributed by atoms with E-state index in [1.165, 1.54) is 11.1 Å². The Morgan fingerprint density at radius 2 is 1.75 bits per heavy atom. The second kappa shape index (κ2) is 4.48. The zero-order chi connectivity index (χ0) is 11.5. The predicted molar refractivity (Wildman–Crippen MR) is 67.0 cm³/mol. The van der Waals surface area contributed by atoms with Crippen LogP contribution in [0.1, 0.15) is 32.3 Å². The van der Waals surface area contributed by atoms with Gasteiger partial charge in [-0.2, -0.15) is 0 Å². The molecule has 0 saturated carbocycles. The van der Waals surface area contributed by atoms with Crippen molar-refractivity contribution in [1.82, 2.24) is 0 Å². The van der Waals surface area contributed by atoms with Crippen LogP contribution in [0.2, 0.25) is 0 Å². The van der Waals surface area contributed by atoms with Gasteiger partial charge >= 0.3 is 0 Å². The molecule has 0 unspecified atom stereocenters. The Morgan fingerprint density at radius 3 is 2.38 bits per heavy atom. The van der Waals surface area contributed by atoms with Crippen molar-refractivity contribution >= 4 is 11.4 Å². The molecule has 0 saturated heterocycles. The molecule has 1 nitrogen and oxygen atoms in total. The quantitative estimate of drug-likeness (QED) is 0.648. The van der Waals surface area contributed by atoms with Gasteiger partial charge in [-0.1, -0.05) is 35.9 Å². The summed E-state index contributed by atoms with van der Waals surface area (Å²) in [6.07, 6.45) is 3.55. The van der Waals surface area contributed by atoms with E-state index in [4.69, 9.17) is 0 Å². The molecule has 1 heteroatoms. The number of allylic oxidation sites excluding steroid dienone is 4. The number of ketones is 1. The summed E-state index contributed by atoms with van der Waals surface area (Å²) in [5, 5.41) is 0. The van der Waals surface area contributed by atoms with E-state index < -0.39 is 0 Å². The number of carbonyl (C=O) groups is 1. The van der Waals surface area contributed by atoms with Gasteiger partial charge in [0.05, 0.1) is 0 Å². The number of rotatable bonds is 1. The van der Waals surface area contributed by atoms with Crippen molar-refractivity contribution in [1.29, 1.82) is 0 Å². The summed E-state index contributed by atoms with van der Waals surface area (Å²) in [5.41, 5.74) is 4.51. The fraction of sp³-hybridized carbons (Fsp3) is 0.267. The third-order valence-electron chi connectivity index (χ3n) is 2.92. The van der Waals surface area contributed by atoms with Gasteiger partial charge in [0.15, 0.2) is 5.78 Å². The lowest BCUT2D eigenvalue weighted by Gasteiger charge is -2.15. The molecule has 0 bridgehead atoms. The van der Waals surface area contributed by atoms with Crippen molar-refractivity contribution < 1.29 is 4.79 Å². The molecule has 1 aliphatic carbocycles. The van der Waals surface area contributed by atoms with Crippen molar-refractivity contribution in [3.8, 4) is 0 Å². The third-order valence-corrected chi connectivity index (χ3v) is 2.92. The van der Waals surface area contributed by atoms with Crippen molar-refractivity contribution in [2.75, 3.05) is 0 Å². The zero-order valence-electron chi connectivity index (χ0n) is 9.79. The smallest absolute Gasteiger partial charge is 0.163 e. The second-order valence-corrected chi connectivity index (χ2v) is 4.37. The summed E-state index contributed by atoms with van der Waals surface area (Å²) in [5.74, 6) is 0.277. The molecule has 0 radical (unpaired) electrons. The van der Waals surface area contributed by atoms with Crippen LogP contribution in [0.3, 0.4) is 0 Å². The summed E-state index contributed by atoms with van der Waals surface area (Å²) in [6.45, 7) is 4.00. The third kappa shape index (κ3) is 2.13. The first-order valence-electron chi connectivity index (χ1n) is 5.65. The predicted octanol–water partition coefficient (Wildman–Crippen LogP) is 3.77. The lowest BCUT2D eigenvalue weighted by molar-refractivity contribution is -0.115. The Kier molecular flexibility index (Phi) is 3.04. The van der Waals surface area contributed by atoms with Crippen LogP contribution in [0.15, 0.2) is 47.6 Å². The fourth-order valence-electron chi connectivity index (χ4n) is 2.01. The molecule has 1 aromatic rings. The standard InChI is InChI=1S/C15H16O/c1-11(2)14-10-13(8-9-15(14)16)12-6-4-3-5-7-12/h3-7,10H,8-9H2,1-2H3. The second-order valence-electron chi connectivity index (χ2n) is 4.37. The molecule has 0 spiro atoms. The molecular formula is C15H16O. The Labute approximate surface area is 96.5 Å². The number of hydrogen-bond donors (Lipinski definition) is 0. The summed E-state index contributed by atoms with van der Waals surface area (Å²) >= 11 is 0. The minimum absolute atomic E-state index is 0.277. The Hall–Kier alpha value is -1.63. The van der Waals surface area contributed by atoms with E-state index in [-0.39, 0.29) is 5.78 Å². The van der Waals surface area contributed by atoms with E-state index in [9.17, 15) is 4.79 Å². The zero-order valence-corrected chi connectivity index (χ0v) is 9.79. The molecule has 0 heterocycles. The van der Waals surface area contributed by atoms with E-state index in [0.29, 0.717) is 6.42 Å². The molecule has 1 aliphatic rings. The van der Waals surface area contributed by atoms with Crippen molar-refractivity contribution in [3.63, 3.8) is 0 Å². The molecule has 0 atom stereocenters. The van der Waals surface area contributed by atoms with Crippen LogP contribution < -0.4 is 0 Å². The van der Waals surface area contributed by atoms with Crippen molar-refractivity contribution in [3.05, 3.63) is 53.1 Å². The van der Waals surface area contributed by atoms with Gasteiger partial charge in [-0.05, 0) is 37.5 Å². The fourth-order valence-corrected chi connectivity index (χ4v) is 2.01. The van der Waals surface area contributed by atoms with Gasteiger partial charge in [-0.3, -0.25) is 4.79 Å². The van der Waals surface area contributed by atoms with Crippen LogP contribution in [0.4, 0.5) is 0 Å². The van der Waals surface area contributed by atoms with E-state index >= 15 is 0 Å². The van der Waals surface area contributed by atoms with Gasteiger partial charge in [0.25, 0.3) is 0 Å². The lowest BCUT2D eigenvalue weighted by Crippen LogP contribution is -2.08. The highest BCUT2D eigenvalue weighted by atomic mass is 16.1. The molecule has 82 valence electrons. The maximum Gasteiger partial charge on any atom is 0.163 e. The molecule has 0 amide bonds. The highest BCUT2D eigenvalue weighted by molar-refractivity contribution is 6.03. The summed E-state index contributed by atoms with van der Waals surface area (Å²) in [6, 6.07) is 10.3. The van der Waals surface area contributed by atoms with Crippen molar-refractivity contribution in [2.24, 2.45) is 0 Å². The minimum atomic E-state index is 0.277. The average Bonchev–Trinajstić information content (AvgIpc) is 2.30. The highest BCUT2D eigenvalue weighted by Crippen LogP contribution is 2.28. The first kappa shape index (κ1) is 10.9. The maximum atomic E-state index is 11.7. The molecule has 16 heavy (non-hydrogen) atoms. The number of Topliss-reactive ketones (excluding diaryl/α,β-unsaturated/α-hetero) is 1. The van der Waals surface area contributed by atoms with Gasteiger partial charge in [0.2, 0.25) is 0 Å². The van der Waals surface area contributed by atoms with Gasteiger partial charge in [-0.15, -0.1) is 0 Å². The van der Waals surface area contributed by atoms with Crippen LogP contribution in [0.5, 0.6) is 0 Å². The van der Waals surface area contributed by atoms with E-state index in [1.807, 2.05) is 32.0 Å². The highest BCUT2D eigenvalue weighted by Gasteiger charge is 2.17. The molecule has 0 N–H and O–H groups in total. The normalized spacial score (nSPS) is 16.0. The molecule has 2 rings (SSSR count). The van der Waals surface area contributed by atoms with Crippen LogP contribution in [0.25, 0.3) is 5.57 Å². The van der Waals surface area contributed by atoms with Crippen molar-refractivity contribution in [2.45, 2.75) is 26.7 Å². The van der Waals surface area contributed by atoms with Crippen LogP contribution >= 0.6 is 0 Å². The average molecular weight is 212 g/mol.